The number of halogens is 1. The second kappa shape index (κ2) is 7.73. The molecular weight excluding hydrogens is 348 g/mol. The van der Waals surface area contributed by atoms with E-state index in [0.717, 1.165) is 28.8 Å². The number of amides is 1. The maximum Gasteiger partial charge on any atom is 0.279 e. The van der Waals surface area contributed by atoms with Gasteiger partial charge in [-0.05, 0) is 43.0 Å². The summed E-state index contributed by atoms with van der Waals surface area (Å²) >= 11 is 5.23. The number of thiophene rings is 1. The van der Waals surface area contributed by atoms with E-state index < -0.39 is 0 Å². The van der Waals surface area contributed by atoms with Crippen LogP contribution in [0.4, 0.5) is 5.69 Å². The van der Waals surface area contributed by atoms with E-state index in [4.69, 9.17) is 0 Å². The van der Waals surface area contributed by atoms with Crippen LogP contribution >= 0.6 is 27.3 Å². The molecule has 0 aliphatic rings. The Morgan fingerprint density at radius 3 is 2.81 bits per heavy atom. The lowest BCUT2D eigenvalue weighted by Gasteiger charge is -2.16. The minimum absolute atomic E-state index is 0.0548. The van der Waals surface area contributed by atoms with Crippen molar-refractivity contribution in [2.24, 2.45) is 0 Å². The third kappa shape index (κ3) is 4.95. The van der Waals surface area contributed by atoms with Crippen LogP contribution in [0.1, 0.15) is 17.4 Å². The number of aryl methyl sites for hydroxylation is 1. The number of likely N-dealkylation sites (N-methyl/N-ethyl adjacent to an activating group) is 1. The standard InChI is InChI=1S/C16H19BrN2OS/c1-3-19(10-14-5-4-8-21-14)11-16(20)18-13-7-6-12(2)15(17)9-13/h4-9H,3,10-11H2,1-2H3,(H,18,20)/p+1. The third-order valence-electron chi connectivity index (χ3n) is 3.37. The molecule has 1 atom stereocenters. The first kappa shape index (κ1) is 16.2. The highest BCUT2D eigenvalue weighted by Crippen LogP contribution is 2.20. The van der Waals surface area contributed by atoms with E-state index in [9.17, 15) is 4.79 Å². The highest BCUT2D eigenvalue weighted by atomic mass is 79.9. The van der Waals surface area contributed by atoms with E-state index in [1.807, 2.05) is 25.1 Å². The van der Waals surface area contributed by atoms with Gasteiger partial charge in [0.25, 0.3) is 5.91 Å². The largest absolute Gasteiger partial charge is 0.323 e. The molecule has 0 saturated heterocycles. The Bertz CT molecular complexity index is 598. The van der Waals surface area contributed by atoms with Gasteiger partial charge in [-0.15, -0.1) is 11.3 Å². The highest BCUT2D eigenvalue weighted by molar-refractivity contribution is 9.10. The topological polar surface area (TPSA) is 33.5 Å². The Balaban J connectivity index is 1.91. The zero-order valence-corrected chi connectivity index (χ0v) is 14.7. The maximum absolute atomic E-state index is 12.2. The van der Waals surface area contributed by atoms with Crippen molar-refractivity contribution in [2.75, 3.05) is 18.4 Å². The zero-order chi connectivity index (χ0) is 15.2. The van der Waals surface area contributed by atoms with Gasteiger partial charge in [-0.25, -0.2) is 0 Å². The summed E-state index contributed by atoms with van der Waals surface area (Å²) in [4.78, 5) is 14.7. The average Bonchev–Trinajstić information content (AvgIpc) is 2.95. The van der Waals surface area contributed by atoms with Crippen molar-refractivity contribution in [3.8, 4) is 0 Å². The summed E-state index contributed by atoms with van der Waals surface area (Å²) < 4.78 is 1.01. The van der Waals surface area contributed by atoms with Crippen LogP contribution in [0.25, 0.3) is 0 Å². The third-order valence-corrected chi connectivity index (χ3v) is 5.10. The van der Waals surface area contributed by atoms with E-state index >= 15 is 0 Å². The van der Waals surface area contributed by atoms with Gasteiger partial charge in [0.1, 0.15) is 6.54 Å². The molecule has 21 heavy (non-hydrogen) atoms. The molecule has 0 aliphatic carbocycles. The van der Waals surface area contributed by atoms with Crippen LogP contribution in [0, 0.1) is 6.92 Å². The molecule has 1 heterocycles. The van der Waals surface area contributed by atoms with Crippen molar-refractivity contribution in [2.45, 2.75) is 20.4 Å². The first-order valence-electron chi connectivity index (χ1n) is 7.00. The number of hydrogen-bond donors (Lipinski definition) is 2. The van der Waals surface area contributed by atoms with Crippen LogP contribution in [0.15, 0.2) is 40.2 Å². The number of anilines is 1. The summed E-state index contributed by atoms with van der Waals surface area (Å²) in [6.07, 6.45) is 0. The minimum atomic E-state index is 0.0548. The van der Waals surface area contributed by atoms with Crippen LogP contribution in [0.5, 0.6) is 0 Å². The molecule has 0 aliphatic heterocycles. The van der Waals surface area contributed by atoms with Crippen molar-refractivity contribution in [1.29, 1.82) is 0 Å². The number of quaternary nitrogens is 1. The van der Waals surface area contributed by atoms with Crippen molar-refractivity contribution in [3.63, 3.8) is 0 Å². The predicted molar refractivity (Wildman–Crippen MR) is 91.9 cm³/mol. The van der Waals surface area contributed by atoms with Gasteiger partial charge in [-0.1, -0.05) is 28.1 Å². The fraction of sp³-hybridized carbons (Fsp3) is 0.312. The van der Waals surface area contributed by atoms with Crippen LogP contribution in [0.3, 0.4) is 0 Å². The van der Waals surface area contributed by atoms with E-state index in [-0.39, 0.29) is 5.91 Å². The van der Waals surface area contributed by atoms with Crippen LogP contribution in [-0.2, 0) is 11.3 Å². The molecular formula is C16H20BrN2OS+. The zero-order valence-electron chi connectivity index (χ0n) is 12.3. The summed E-state index contributed by atoms with van der Waals surface area (Å²) in [6, 6.07) is 10.0. The predicted octanol–water partition coefficient (Wildman–Crippen LogP) is 2.86. The number of hydrogen-bond acceptors (Lipinski definition) is 2. The van der Waals surface area contributed by atoms with Crippen molar-refractivity contribution in [1.82, 2.24) is 0 Å². The summed E-state index contributed by atoms with van der Waals surface area (Å²) in [5, 5.41) is 5.04. The molecule has 0 fully saturated rings. The molecule has 1 aromatic carbocycles. The lowest BCUT2D eigenvalue weighted by atomic mass is 10.2. The normalized spacial score (nSPS) is 12.1. The van der Waals surface area contributed by atoms with Gasteiger partial charge >= 0.3 is 0 Å². The molecule has 112 valence electrons. The number of benzene rings is 1. The SMILES string of the molecule is CC[NH+](CC(=O)Nc1ccc(C)c(Br)c1)Cc1cccs1. The quantitative estimate of drug-likeness (QED) is 0.808. The van der Waals surface area contributed by atoms with Crippen molar-refractivity contribution >= 4 is 38.9 Å². The fourth-order valence-electron chi connectivity index (χ4n) is 2.07. The van der Waals surface area contributed by atoms with E-state index in [1.165, 1.54) is 9.78 Å². The fourth-order valence-corrected chi connectivity index (χ4v) is 3.23. The van der Waals surface area contributed by atoms with Crippen LogP contribution in [0.2, 0.25) is 0 Å². The molecule has 0 spiro atoms. The molecule has 3 nitrogen and oxygen atoms in total. The molecule has 2 N–H and O–H groups in total. The second-order valence-electron chi connectivity index (χ2n) is 5.05. The molecule has 2 rings (SSSR count). The van der Waals surface area contributed by atoms with Gasteiger partial charge < -0.3 is 10.2 Å². The Labute approximate surface area is 138 Å². The van der Waals surface area contributed by atoms with Gasteiger partial charge in [0.2, 0.25) is 0 Å². The first-order chi connectivity index (χ1) is 10.1. The van der Waals surface area contributed by atoms with Crippen LogP contribution in [-0.4, -0.2) is 19.0 Å². The summed E-state index contributed by atoms with van der Waals surface area (Å²) in [6.45, 7) is 6.46. The average molecular weight is 368 g/mol. The van der Waals surface area contributed by atoms with Crippen molar-refractivity contribution in [3.05, 3.63) is 50.6 Å². The highest BCUT2D eigenvalue weighted by Gasteiger charge is 2.14. The number of carbonyl (C=O) groups is 1. The summed E-state index contributed by atoms with van der Waals surface area (Å²) in [5.74, 6) is 0.0548. The molecule has 5 heteroatoms. The summed E-state index contributed by atoms with van der Waals surface area (Å²) in [5.41, 5.74) is 2.00. The Kier molecular flexibility index (Phi) is 5.96. The van der Waals surface area contributed by atoms with E-state index in [0.29, 0.717) is 6.54 Å². The Morgan fingerprint density at radius 2 is 2.19 bits per heavy atom. The Morgan fingerprint density at radius 1 is 1.38 bits per heavy atom. The molecule has 0 radical (unpaired) electrons. The lowest BCUT2D eigenvalue weighted by Crippen LogP contribution is -3.11. The molecule has 1 unspecified atom stereocenters. The molecule has 2 aromatic rings. The molecule has 0 saturated carbocycles. The lowest BCUT2D eigenvalue weighted by molar-refractivity contribution is -0.903. The van der Waals surface area contributed by atoms with Gasteiger partial charge in [-0.2, -0.15) is 0 Å². The molecule has 1 amide bonds. The van der Waals surface area contributed by atoms with Crippen molar-refractivity contribution < 1.29 is 9.69 Å². The second-order valence-corrected chi connectivity index (χ2v) is 6.94. The van der Waals surface area contributed by atoms with Gasteiger partial charge in [0.05, 0.1) is 11.4 Å². The summed E-state index contributed by atoms with van der Waals surface area (Å²) in [7, 11) is 0. The maximum atomic E-state index is 12.2. The van der Waals surface area contributed by atoms with E-state index in [2.05, 4.69) is 45.7 Å². The Hall–Kier alpha value is -1.17. The number of rotatable bonds is 6. The van der Waals surface area contributed by atoms with Crippen LogP contribution < -0.4 is 10.2 Å². The van der Waals surface area contributed by atoms with Gasteiger partial charge in [0, 0.05) is 10.2 Å². The van der Waals surface area contributed by atoms with E-state index in [1.54, 1.807) is 11.3 Å². The minimum Gasteiger partial charge on any atom is -0.323 e. The van der Waals surface area contributed by atoms with Gasteiger partial charge in [0.15, 0.2) is 6.54 Å². The number of nitrogens with one attached hydrogen (secondary N) is 2. The number of carbonyl (C=O) groups excluding carboxylic acids is 1. The smallest absolute Gasteiger partial charge is 0.279 e. The molecule has 0 bridgehead atoms. The monoisotopic (exact) mass is 367 g/mol. The van der Waals surface area contributed by atoms with Gasteiger partial charge in [-0.3, -0.25) is 4.79 Å². The molecule has 1 aromatic heterocycles. The first-order valence-corrected chi connectivity index (χ1v) is 8.67.